The first kappa shape index (κ1) is 12.4. The van der Waals surface area contributed by atoms with Crippen molar-refractivity contribution in [1.29, 1.82) is 0 Å². The molecule has 88 valence electrons. The summed E-state index contributed by atoms with van der Waals surface area (Å²) in [5.41, 5.74) is 6.75. The average molecular weight is 221 g/mol. The molecule has 0 radical (unpaired) electrons. The summed E-state index contributed by atoms with van der Waals surface area (Å²) in [5.74, 6) is 0.680. The zero-order chi connectivity index (χ0) is 12.0. The highest BCUT2D eigenvalue weighted by molar-refractivity contribution is 5.88. The molecular formula is C12H19N3O. The quantitative estimate of drug-likeness (QED) is 0.715. The number of amides is 2. The maximum absolute atomic E-state index is 10.7. The van der Waals surface area contributed by atoms with Gasteiger partial charge in [-0.1, -0.05) is 19.9 Å². The Morgan fingerprint density at radius 2 is 2.06 bits per heavy atom. The first-order valence-electron chi connectivity index (χ1n) is 5.48. The fourth-order valence-electron chi connectivity index (χ4n) is 1.35. The monoisotopic (exact) mass is 221 g/mol. The number of hydrogen-bond donors (Lipinski definition) is 3. The fourth-order valence-corrected chi connectivity index (χ4v) is 1.35. The Bertz CT molecular complexity index is 350. The Morgan fingerprint density at radius 3 is 2.69 bits per heavy atom. The van der Waals surface area contributed by atoms with E-state index >= 15 is 0 Å². The van der Waals surface area contributed by atoms with Gasteiger partial charge in [-0.25, -0.2) is 4.79 Å². The molecule has 1 rings (SSSR count). The van der Waals surface area contributed by atoms with Gasteiger partial charge in [0.1, 0.15) is 0 Å². The van der Waals surface area contributed by atoms with Crippen molar-refractivity contribution in [2.24, 2.45) is 11.7 Å². The number of nitrogens with two attached hydrogens (primary N) is 1. The van der Waals surface area contributed by atoms with E-state index in [9.17, 15) is 4.79 Å². The van der Waals surface area contributed by atoms with Crippen LogP contribution in [-0.2, 0) is 0 Å². The SMILES string of the molecule is CC(C)CCNc1cccc(NC(N)=O)c1. The van der Waals surface area contributed by atoms with E-state index in [2.05, 4.69) is 24.5 Å². The number of hydrogen-bond acceptors (Lipinski definition) is 2. The van der Waals surface area contributed by atoms with Gasteiger partial charge in [-0.3, -0.25) is 0 Å². The predicted molar refractivity (Wildman–Crippen MR) is 67.6 cm³/mol. The number of carbonyl (C=O) groups excluding carboxylic acids is 1. The van der Waals surface area contributed by atoms with Crippen LogP contribution in [0.3, 0.4) is 0 Å². The topological polar surface area (TPSA) is 67.2 Å². The first-order chi connectivity index (χ1) is 7.58. The summed E-state index contributed by atoms with van der Waals surface area (Å²) in [6, 6.07) is 6.97. The molecule has 4 N–H and O–H groups in total. The van der Waals surface area contributed by atoms with Crippen LogP contribution in [0, 0.1) is 5.92 Å². The summed E-state index contributed by atoms with van der Waals surface area (Å²) in [5, 5.41) is 5.84. The van der Waals surface area contributed by atoms with Crippen LogP contribution in [-0.4, -0.2) is 12.6 Å². The van der Waals surface area contributed by atoms with Crippen molar-refractivity contribution in [2.75, 3.05) is 17.2 Å². The molecule has 0 aromatic heterocycles. The number of rotatable bonds is 5. The Hall–Kier alpha value is -1.71. The molecule has 0 saturated carbocycles. The normalized spacial score (nSPS) is 10.2. The maximum atomic E-state index is 10.7. The number of nitrogens with one attached hydrogen (secondary N) is 2. The number of carbonyl (C=O) groups is 1. The molecular weight excluding hydrogens is 202 g/mol. The van der Waals surface area contributed by atoms with Gasteiger partial charge in [0.05, 0.1) is 0 Å². The molecule has 0 bridgehead atoms. The Kier molecular flexibility index (Phi) is 4.64. The Labute approximate surface area is 96.2 Å². The zero-order valence-corrected chi connectivity index (χ0v) is 9.79. The molecule has 1 aromatic carbocycles. The molecule has 0 unspecified atom stereocenters. The van der Waals surface area contributed by atoms with Gasteiger partial charge in [-0.15, -0.1) is 0 Å². The van der Waals surface area contributed by atoms with Crippen LogP contribution in [0.2, 0.25) is 0 Å². The van der Waals surface area contributed by atoms with E-state index in [-0.39, 0.29) is 0 Å². The highest BCUT2D eigenvalue weighted by Crippen LogP contribution is 2.15. The lowest BCUT2D eigenvalue weighted by molar-refractivity contribution is 0.259. The summed E-state index contributed by atoms with van der Waals surface area (Å²) in [6.45, 7) is 5.30. The van der Waals surface area contributed by atoms with Crippen molar-refractivity contribution in [1.82, 2.24) is 0 Å². The van der Waals surface area contributed by atoms with Crippen LogP contribution < -0.4 is 16.4 Å². The van der Waals surface area contributed by atoms with E-state index in [1.807, 2.05) is 18.2 Å². The first-order valence-corrected chi connectivity index (χ1v) is 5.48. The van der Waals surface area contributed by atoms with E-state index in [1.165, 1.54) is 0 Å². The van der Waals surface area contributed by atoms with Gasteiger partial charge in [-0.05, 0) is 30.5 Å². The lowest BCUT2D eigenvalue weighted by Gasteiger charge is -2.09. The molecule has 4 heteroatoms. The molecule has 0 aliphatic rings. The molecule has 16 heavy (non-hydrogen) atoms. The van der Waals surface area contributed by atoms with E-state index in [4.69, 9.17) is 5.73 Å². The van der Waals surface area contributed by atoms with Gasteiger partial charge in [0.2, 0.25) is 0 Å². The lowest BCUT2D eigenvalue weighted by Crippen LogP contribution is -2.19. The van der Waals surface area contributed by atoms with Crippen LogP contribution in [0.15, 0.2) is 24.3 Å². The fraction of sp³-hybridized carbons (Fsp3) is 0.417. The smallest absolute Gasteiger partial charge is 0.316 e. The number of primary amides is 1. The van der Waals surface area contributed by atoms with Gasteiger partial charge in [0, 0.05) is 17.9 Å². The molecule has 2 amide bonds. The minimum atomic E-state index is -0.542. The van der Waals surface area contributed by atoms with Crippen LogP contribution in [0.4, 0.5) is 16.2 Å². The van der Waals surface area contributed by atoms with E-state index < -0.39 is 6.03 Å². The molecule has 0 atom stereocenters. The van der Waals surface area contributed by atoms with Crippen molar-refractivity contribution < 1.29 is 4.79 Å². The van der Waals surface area contributed by atoms with Crippen LogP contribution in [0.1, 0.15) is 20.3 Å². The van der Waals surface area contributed by atoms with Gasteiger partial charge in [0.25, 0.3) is 0 Å². The largest absolute Gasteiger partial charge is 0.385 e. The van der Waals surface area contributed by atoms with Crippen LogP contribution >= 0.6 is 0 Å². The summed E-state index contributed by atoms with van der Waals surface area (Å²) in [6.07, 6.45) is 1.12. The average Bonchev–Trinajstić information content (AvgIpc) is 2.16. The molecule has 0 aliphatic carbocycles. The van der Waals surface area contributed by atoms with Crippen molar-refractivity contribution >= 4 is 17.4 Å². The highest BCUT2D eigenvalue weighted by Gasteiger charge is 1.98. The second-order valence-electron chi connectivity index (χ2n) is 4.18. The minimum Gasteiger partial charge on any atom is -0.385 e. The predicted octanol–water partition coefficient (Wildman–Crippen LogP) is 2.64. The summed E-state index contributed by atoms with van der Waals surface area (Å²) < 4.78 is 0. The molecule has 0 fully saturated rings. The third kappa shape index (κ3) is 4.68. The molecule has 1 aromatic rings. The van der Waals surface area contributed by atoms with Crippen molar-refractivity contribution in [3.63, 3.8) is 0 Å². The molecule has 0 heterocycles. The third-order valence-electron chi connectivity index (χ3n) is 2.18. The van der Waals surface area contributed by atoms with Gasteiger partial charge in [0.15, 0.2) is 0 Å². The molecule has 0 saturated heterocycles. The van der Waals surface area contributed by atoms with E-state index in [0.717, 1.165) is 18.7 Å². The summed E-state index contributed by atoms with van der Waals surface area (Å²) >= 11 is 0. The second kappa shape index (κ2) is 6.00. The number of urea groups is 1. The lowest BCUT2D eigenvalue weighted by atomic mass is 10.1. The number of anilines is 2. The van der Waals surface area contributed by atoms with Crippen molar-refractivity contribution in [3.05, 3.63) is 24.3 Å². The highest BCUT2D eigenvalue weighted by atomic mass is 16.2. The van der Waals surface area contributed by atoms with E-state index in [1.54, 1.807) is 6.07 Å². The third-order valence-corrected chi connectivity index (χ3v) is 2.18. The van der Waals surface area contributed by atoms with Crippen LogP contribution in [0.5, 0.6) is 0 Å². The molecule has 0 spiro atoms. The standard InChI is InChI=1S/C12H19N3O/c1-9(2)6-7-14-10-4-3-5-11(8-10)15-12(13)16/h3-5,8-9,14H,6-7H2,1-2H3,(H3,13,15,16). The maximum Gasteiger partial charge on any atom is 0.316 e. The Balaban J connectivity index is 2.50. The summed E-state index contributed by atoms with van der Waals surface area (Å²) in [4.78, 5) is 10.7. The van der Waals surface area contributed by atoms with Gasteiger partial charge < -0.3 is 16.4 Å². The Morgan fingerprint density at radius 1 is 1.38 bits per heavy atom. The van der Waals surface area contributed by atoms with E-state index in [0.29, 0.717) is 11.6 Å². The minimum absolute atomic E-state index is 0.542. The van der Waals surface area contributed by atoms with Crippen molar-refractivity contribution in [2.45, 2.75) is 20.3 Å². The van der Waals surface area contributed by atoms with Crippen molar-refractivity contribution in [3.8, 4) is 0 Å². The van der Waals surface area contributed by atoms with Gasteiger partial charge >= 0.3 is 6.03 Å². The summed E-state index contributed by atoms with van der Waals surface area (Å²) in [7, 11) is 0. The second-order valence-corrected chi connectivity index (χ2v) is 4.18. The van der Waals surface area contributed by atoms with Crippen LogP contribution in [0.25, 0.3) is 0 Å². The molecule has 4 nitrogen and oxygen atoms in total. The molecule has 0 aliphatic heterocycles. The zero-order valence-electron chi connectivity index (χ0n) is 9.79. The van der Waals surface area contributed by atoms with Gasteiger partial charge in [-0.2, -0.15) is 0 Å². The number of benzene rings is 1.